The van der Waals surface area contributed by atoms with Crippen LogP contribution in [0.3, 0.4) is 0 Å². The Morgan fingerprint density at radius 1 is 1.28 bits per heavy atom. The van der Waals surface area contributed by atoms with Crippen LogP contribution in [0, 0.1) is 0 Å². The second kappa shape index (κ2) is 6.64. The Morgan fingerprint density at radius 2 is 2.11 bits per heavy atom. The van der Waals surface area contributed by atoms with Crippen molar-refractivity contribution in [1.82, 2.24) is 4.90 Å². The zero-order valence-corrected chi connectivity index (χ0v) is 11.4. The summed E-state index contributed by atoms with van der Waals surface area (Å²) < 4.78 is 11.0. The number of nitrogens with zero attached hydrogens (tertiary/aromatic N) is 1. The fraction of sp³-hybridized carbons (Fsp3) is 0.600. The van der Waals surface area contributed by atoms with E-state index in [-0.39, 0.29) is 0 Å². The molecule has 1 aliphatic heterocycles. The molecule has 1 heterocycles. The number of hydrogen-bond acceptors (Lipinski definition) is 3. The zero-order chi connectivity index (χ0) is 12.8. The number of methoxy groups -OCH3 is 1. The third kappa shape index (κ3) is 3.64. The molecule has 2 rings (SSSR count). The fourth-order valence-electron chi connectivity index (χ4n) is 2.51. The summed E-state index contributed by atoms with van der Waals surface area (Å²) in [7, 11) is 3.89. The summed E-state index contributed by atoms with van der Waals surface area (Å²) in [6, 6.07) is 8.49. The first-order chi connectivity index (χ1) is 8.79. The van der Waals surface area contributed by atoms with Gasteiger partial charge >= 0.3 is 0 Å². The van der Waals surface area contributed by atoms with Crippen molar-refractivity contribution in [3.8, 4) is 11.5 Å². The average Bonchev–Trinajstić information content (AvgIpc) is 2.41. The van der Waals surface area contributed by atoms with Crippen LogP contribution < -0.4 is 9.47 Å². The molecule has 0 bridgehead atoms. The lowest BCUT2D eigenvalue weighted by molar-refractivity contribution is 0.153. The van der Waals surface area contributed by atoms with Crippen molar-refractivity contribution >= 4 is 0 Å². The van der Waals surface area contributed by atoms with Gasteiger partial charge in [-0.2, -0.15) is 0 Å². The van der Waals surface area contributed by atoms with Gasteiger partial charge in [0, 0.05) is 12.1 Å². The first-order valence-electron chi connectivity index (χ1n) is 6.76. The molecular formula is C15H23NO2. The Labute approximate surface area is 110 Å². The molecule has 0 spiro atoms. The van der Waals surface area contributed by atoms with E-state index in [0.29, 0.717) is 6.04 Å². The second-order valence-corrected chi connectivity index (χ2v) is 4.95. The van der Waals surface area contributed by atoms with Gasteiger partial charge in [-0.15, -0.1) is 0 Å². The number of ether oxygens (including phenoxy) is 2. The summed E-state index contributed by atoms with van der Waals surface area (Å²) in [4.78, 5) is 2.46. The van der Waals surface area contributed by atoms with Crippen molar-refractivity contribution < 1.29 is 9.47 Å². The molecule has 3 nitrogen and oxygen atoms in total. The molecule has 1 saturated heterocycles. The molecule has 1 unspecified atom stereocenters. The first kappa shape index (κ1) is 13.2. The predicted octanol–water partition coefficient (Wildman–Crippen LogP) is 2.95. The van der Waals surface area contributed by atoms with E-state index in [1.54, 1.807) is 7.11 Å². The average molecular weight is 249 g/mol. The summed E-state index contributed by atoms with van der Waals surface area (Å²) >= 11 is 0. The highest BCUT2D eigenvalue weighted by Crippen LogP contribution is 2.21. The van der Waals surface area contributed by atoms with Crippen LogP contribution in [0.1, 0.15) is 25.7 Å². The van der Waals surface area contributed by atoms with Crippen molar-refractivity contribution in [3.05, 3.63) is 24.3 Å². The molecule has 0 aliphatic carbocycles. The summed E-state index contributed by atoms with van der Waals surface area (Å²) in [5.74, 6) is 1.75. The minimum absolute atomic E-state index is 0.685. The number of likely N-dealkylation sites (tertiary alicyclic amines) is 1. The lowest BCUT2D eigenvalue weighted by Gasteiger charge is -2.32. The zero-order valence-electron chi connectivity index (χ0n) is 11.4. The van der Waals surface area contributed by atoms with Gasteiger partial charge in [-0.25, -0.2) is 0 Å². The van der Waals surface area contributed by atoms with Gasteiger partial charge in [-0.3, -0.25) is 0 Å². The molecule has 0 amide bonds. The number of piperidine rings is 1. The SMILES string of the molecule is COc1cccc(OCCC2CCCCN2C)c1. The second-order valence-electron chi connectivity index (χ2n) is 4.95. The summed E-state index contributed by atoms with van der Waals surface area (Å²) in [6.45, 7) is 2.01. The highest BCUT2D eigenvalue weighted by atomic mass is 16.5. The highest BCUT2D eigenvalue weighted by molar-refractivity contribution is 5.32. The van der Waals surface area contributed by atoms with Gasteiger partial charge in [0.05, 0.1) is 13.7 Å². The third-order valence-electron chi connectivity index (χ3n) is 3.68. The lowest BCUT2D eigenvalue weighted by atomic mass is 10.0. The molecule has 1 aromatic carbocycles. The normalized spacial score (nSPS) is 20.7. The Bertz CT molecular complexity index is 367. The number of hydrogen-bond donors (Lipinski definition) is 0. The Morgan fingerprint density at radius 3 is 2.89 bits per heavy atom. The molecule has 0 saturated carbocycles. The predicted molar refractivity (Wildman–Crippen MR) is 73.4 cm³/mol. The Kier molecular flexibility index (Phi) is 4.88. The molecule has 1 fully saturated rings. The van der Waals surface area contributed by atoms with Crippen molar-refractivity contribution in [1.29, 1.82) is 0 Å². The molecule has 1 aliphatic rings. The van der Waals surface area contributed by atoms with E-state index in [4.69, 9.17) is 9.47 Å². The molecule has 0 N–H and O–H groups in total. The van der Waals surface area contributed by atoms with Crippen LogP contribution in [0.5, 0.6) is 11.5 Å². The molecule has 1 atom stereocenters. The molecular weight excluding hydrogens is 226 g/mol. The van der Waals surface area contributed by atoms with Gasteiger partial charge < -0.3 is 14.4 Å². The quantitative estimate of drug-likeness (QED) is 0.801. The van der Waals surface area contributed by atoms with E-state index in [1.165, 1.54) is 25.8 Å². The molecule has 0 radical (unpaired) electrons. The van der Waals surface area contributed by atoms with E-state index in [1.807, 2.05) is 24.3 Å². The molecule has 1 aromatic rings. The van der Waals surface area contributed by atoms with Crippen LogP contribution >= 0.6 is 0 Å². The van der Waals surface area contributed by atoms with Crippen LogP contribution in [-0.2, 0) is 0 Å². The summed E-state index contributed by atoms with van der Waals surface area (Å²) in [6.07, 6.45) is 5.10. The Balaban J connectivity index is 1.77. The minimum atomic E-state index is 0.685. The van der Waals surface area contributed by atoms with Crippen LogP contribution in [0.2, 0.25) is 0 Å². The van der Waals surface area contributed by atoms with E-state index in [2.05, 4.69) is 11.9 Å². The van der Waals surface area contributed by atoms with Crippen LogP contribution in [0.15, 0.2) is 24.3 Å². The van der Waals surface area contributed by atoms with E-state index in [0.717, 1.165) is 24.5 Å². The third-order valence-corrected chi connectivity index (χ3v) is 3.68. The van der Waals surface area contributed by atoms with Gasteiger partial charge in [0.1, 0.15) is 11.5 Å². The maximum atomic E-state index is 5.79. The molecule has 100 valence electrons. The number of benzene rings is 1. The van der Waals surface area contributed by atoms with E-state index >= 15 is 0 Å². The topological polar surface area (TPSA) is 21.7 Å². The maximum Gasteiger partial charge on any atom is 0.122 e. The van der Waals surface area contributed by atoms with Gasteiger partial charge in [0.2, 0.25) is 0 Å². The summed E-state index contributed by atoms with van der Waals surface area (Å²) in [5, 5.41) is 0. The van der Waals surface area contributed by atoms with Crippen molar-refractivity contribution in [2.45, 2.75) is 31.7 Å². The standard InChI is InChI=1S/C15H23NO2/c1-16-10-4-3-6-13(16)9-11-18-15-8-5-7-14(12-15)17-2/h5,7-8,12-13H,3-4,6,9-11H2,1-2H3. The van der Waals surface area contributed by atoms with Crippen LogP contribution in [0.4, 0.5) is 0 Å². The summed E-state index contributed by atoms with van der Waals surface area (Å²) in [5.41, 5.74) is 0. The smallest absolute Gasteiger partial charge is 0.122 e. The van der Waals surface area contributed by atoms with Crippen LogP contribution in [-0.4, -0.2) is 38.3 Å². The molecule has 3 heteroatoms. The van der Waals surface area contributed by atoms with Crippen molar-refractivity contribution in [2.75, 3.05) is 27.3 Å². The fourth-order valence-corrected chi connectivity index (χ4v) is 2.51. The highest BCUT2D eigenvalue weighted by Gasteiger charge is 2.18. The lowest BCUT2D eigenvalue weighted by Crippen LogP contribution is -2.37. The largest absolute Gasteiger partial charge is 0.497 e. The van der Waals surface area contributed by atoms with Gasteiger partial charge in [-0.1, -0.05) is 12.5 Å². The van der Waals surface area contributed by atoms with Gasteiger partial charge in [0.15, 0.2) is 0 Å². The van der Waals surface area contributed by atoms with E-state index < -0.39 is 0 Å². The van der Waals surface area contributed by atoms with E-state index in [9.17, 15) is 0 Å². The monoisotopic (exact) mass is 249 g/mol. The van der Waals surface area contributed by atoms with Crippen LogP contribution in [0.25, 0.3) is 0 Å². The van der Waals surface area contributed by atoms with Crippen molar-refractivity contribution in [2.24, 2.45) is 0 Å². The minimum Gasteiger partial charge on any atom is -0.497 e. The Hall–Kier alpha value is -1.22. The van der Waals surface area contributed by atoms with Gasteiger partial charge in [0.25, 0.3) is 0 Å². The first-order valence-corrected chi connectivity index (χ1v) is 6.76. The molecule has 18 heavy (non-hydrogen) atoms. The molecule has 0 aromatic heterocycles. The van der Waals surface area contributed by atoms with Gasteiger partial charge in [-0.05, 0) is 45.0 Å². The number of rotatable bonds is 5. The van der Waals surface area contributed by atoms with Crippen molar-refractivity contribution in [3.63, 3.8) is 0 Å². The maximum absolute atomic E-state index is 5.79.